The van der Waals surface area contributed by atoms with Gasteiger partial charge in [0.1, 0.15) is 24.7 Å². The van der Waals surface area contributed by atoms with E-state index >= 15 is 0 Å². The molecule has 0 aliphatic carbocycles. The molecule has 5 nitrogen and oxygen atoms in total. The Balaban J connectivity index is 1.61. The van der Waals surface area contributed by atoms with Gasteiger partial charge in [-0.1, -0.05) is 42.5 Å². The Hall–Kier alpha value is -3.45. The number of methoxy groups -OCH3 is 1. The number of carbonyl (C=O) groups is 1. The van der Waals surface area contributed by atoms with Gasteiger partial charge in [-0.05, 0) is 28.8 Å². The molecule has 1 heterocycles. The summed E-state index contributed by atoms with van der Waals surface area (Å²) in [5.74, 6) is 0.548. The third-order valence-electron chi connectivity index (χ3n) is 5.45. The van der Waals surface area contributed by atoms with Gasteiger partial charge in [0.2, 0.25) is 0 Å². The number of rotatable bonds is 7. The van der Waals surface area contributed by atoms with Crippen LogP contribution in [0.5, 0.6) is 11.5 Å². The Labute approximate surface area is 184 Å². The van der Waals surface area contributed by atoms with Crippen molar-refractivity contribution in [3.63, 3.8) is 0 Å². The molecule has 1 aliphatic heterocycles. The van der Waals surface area contributed by atoms with Crippen LogP contribution in [0.3, 0.4) is 0 Å². The van der Waals surface area contributed by atoms with Crippen LogP contribution >= 0.6 is 0 Å². The van der Waals surface area contributed by atoms with E-state index in [2.05, 4.69) is 0 Å². The van der Waals surface area contributed by atoms with Gasteiger partial charge >= 0.3 is 5.97 Å². The Morgan fingerprint density at radius 2 is 1.94 bits per heavy atom. The summed E-state index contributed by atoms with van der Waals surface area (Å²) in [7, 11) is 1.28. The fraction of sp³-hybridized carbons (Fsp3) is 0.240. The zero-order chi connectivity index (χ0) is 22.7. The summed E-state index contributed by atoms with van der Waals surface area (Å²) in [6.45, 7) is 0.978. The smallest absolute Gasteiger partial charge is 0.310 e. The highest BCUT2D eigenvalue weighted by Crippen LogP contribution is 2.40. The number of fused-ring (bicyclic) bond motifs is 3. The van der Waals surface area contributed by atoms with Gasteiger partial charge in [-0.3, -0.25) is 4.79 Å². The fourth-order valence-electron chi connectivity index (χ4n) is 3.74. The highest BCUT2D eigenvalue weighted by molar-refractivity contribution is 5.77. The van der Waals surface area contributed by atoms with E-state index < -0.39 is 12.4 Å². The molecule has 4 rings (SSSR count). The molecule has 0 unspecified atom stereocenters. The summed E-state index contributed by atoms with van der Waals surface area (Å²) >= 11 is 0. The van der Waals surface area contributed by atoms with E-state index in [1.165, 1.54) is 25.3 Å². The van der Waals surface area contributed by atoms with Crippen molar-refractivity contribution < 1.29 is 27.8 Å². The number of hydrogen-bond donors (Lipinski definition) is 1. The minimum atomic E-state index is -2.64. The summed E-state index contributed by atoms with van der Waals surface area (Å²) in [4.78, 5) is 11.7. The molecule has 0 fully saturated rings. The maximum atomic E-state index is 13.2. The fourth-order valence-corrected chi connectivity index (χ4v) is 3.74. The highest BCUT2D eigenvalue weighted by Gasteiger charge is 2.20. The first-order chi connectivity index (χ1) is 15.5. The van der Waals surface area contributed by atoms with Crippen LogP contribution in [-0.4, -0.2) is 13.1 Å². The van der Waals surface area contributed by atoms with Gasteiger partial charge in [0.05, 0.1) is 13.5 Å². The number of hydrogen-bond acceptors (Lipinski definition) is 5. The molecule has 0 spiro atoms. The van der Waals surface area contributed by atoms with Crippen molar-refractivity contribution in [2.24, 2.45) is 5.73 Å². The molecule has 7 heteroatoms. The molecule has 1 aliphatic rings. The van der Waals surface area contributed by atoms with Crippen molar-refractivity contribution in [3.05, 3.63) is 82.4 Å². The molecular formula is C25H23F2NO4. The van der Waals surface area contributed by atoms with Gasteiger partial charge in [0.15, 0.2) is 0 Å². The molecule has 3 aromatic rings. The average Bonchev–Trinajstić information content (AvgIpc) is 2.82. The molecule has 0 bridgehead atoms. The Morgan fingerprint density at radius 1 is 1.09 bits per heavy atom. The molecule has 3 aromatic carbocycles. The maximum absolute atomic E-state index is 13.2. The van der Waals surface area contributed by atoms with Gasteiger partial charge in [-0.15, -0.1) is 0 Å². The Bertz CT molecular complexity index is 1150. The zero-order valence-electron chi connectivity index (χ0n) is 17.6. The second-order valence-corrected chi connectivity index (χ2v) is 7.49. The van der Waals surface area contributed by atoms with Crippen LogP contribution in [-0.2, 0) is 35.7 Å². The first kappa shape index (κ1) is 21.8. The molecule has 0 amide bonds. The van der Waals surface area contributed by atoms with Gasteiger partial charge in [0.25, 0.3) is 6.43 Å². The lowest BCUT2D eigenvalue weighted by Crippen LogP contribution is -2.10. The highest BCUT2D eigenvalue weighted by atomic mass is 19.3. The average molecular weight is 439 g/mol. The predicted molar refractivity (Wildman–Crippen MR) is 116 cm³/mol. The van der Waals surface area contributed by atoms with Crippen molar-refractivity contribution in [2.45, 2.75) is 32.6 Å². The van der Waals surface area contributed by atoms with E-state index in [0.717, 1.165) is 33.6 Å². The second kappa shape index (κ2) is 9.36. The maximum Gasteiger partial charge on any atom is 0.310 e. The first-order valence-electron chi connectivity index (χ1n) is 10.2. The number of nitrogens with two attached hydrogens (primary N) is 1. The van der Waals surface area contributed by atoms with Crippen molar-refractivity contribution in [1.82, 2.24) is 0 Å². The third kappa shape index (κ3) is 4.43. The van der Waals surface area contributed by atoms with Crippen LogP contribution in [0, 0.1) is 0 Å². The number of halogens is 2. The number of esters is 1. The molecule has 0 saturated carbocycles. The van der Waals surface area contributed by atoms with Crippen molar-refractivity contribution in [1.29, 1.82) is 0 Å². The lowest BCUT2D eigenvalue weighted by molar-refractivity contribution is -0.139. The largest absolute Gasteiger partial charge is 0.489 e. The second-order valence-electron chi connectivity index (χ2n) is 7.49. The van der Waals surface area contributed by atoms with Crippen molar-refractivity contribution in [2.75, 3.05) is 7.11 Å². The molecule has 0 radical (unpaired) electrons. The summed E-state index contributed by atoms with van der Waals surface area (Å²) in [6, 6.07) is 15.8. The van der Waals surface area contributed by atoms with Gasteiger partial charge in [0, 0.05) is 28.8 Å². The van der Waals surface area contributed by atoms with Gasteiger partial charge in [-0.25, -0.2) is 8.78 Å². The quantitative estimate of drug-likeness (QED) is 0.528. The van der Waals surface area contributed by atoms with Crippen molar-refractivity contribution >= 4 is 5.97 Å². The van der Waals surface area contributed by atoms with Crippen LogP contribution in [0.1, 0.15) is 34.2 Å². The number of para-hydroxylation sites is 1. The van der Waals surface area contributed by atoms with E-state index in [1.54, 1.807) is 0 Å². The topological polar surface area (TPSA) is 70.8 Å². The zero-order valence-corrected chi connectivity index (χ0v) is 17.6. The van der Waals surface area contributed by atoms with E-state index in [9.17, 15) is 13.6 Å². The van der Waals surface area contributed by atoms with Gasteiger partial charge in [-0.2, -0.15) is 0 Å². The van der Waals surface area contributed by atoms with Crippen molar-refractivity contribution in [3.8, 4) is 22.6 Å². The Morgan fingerprint density at radius 3 is 2.69 bits per heavy atom. The van der Waals surface area contributed by atoms with Crippen LogP contribution in [0.4, 0.5) is 8.78 Å². The molecule has 32 heavy (non-hydrogen) atoms. The summed E-state index contributed by atoms with van der Waals surface area (Å²) < 4.78 is 42.9. The standard InChI is InChI=1S/C25H23F2NO4/c1-30-23(29)11-16-7-8-17(25(26)27)10-22(16)31-13-15-5-6-19-14-32-24-18(12-28)3-2-4-20(24)21(19)9-15/h2-10,25H,11-14,28H2,1H3. The van der Waals surface area contributed by atoms with Gasteiger partial charge < -0.3 is 19.9 Å². The number of ether oxygens (including phenoxy) is 3. The molecule has 0 saturated heterocycles. The van der Waals surface area contributed by atoms with Crippen LogP contribution in [0.15, 0.2) is 54.6 Å². The minimum absolute atomic E-state index is 0.0634. The van der Waals surface area contributed by atoms with Crippen LogP contribution < -0.4 is 15.2 Å². The SMILES string of the molecule is COC(=O)Cc1ccc(C(F)F)cc1OCc1ccc2c(c1)-c1cccc(CN)c1OC2. The monoisotopic (exact) mass is 439 g/mol. The Kier molecular flexibility index (Phi) is 6.37. The van der Waals surface area contributed by atoms with E-state index in [1.807, 2.05) is 36.4 Å². The number of benzene rings is 3. The molecule has 0 aromatic heterocycles. The summed E-state index contributed by atoms with van der Waals surface area (Å²) in [5, 5.41) is 0. The summed E-state index contributed by atoms with van der Waals surface area (Å²) in [5.41, 5.74) is 11.0. The summed E-state index contributed by atoms with van der Waals surface area (Å²) in [6.07, 6.45) is -2.70. The van der Waals surface area contributed by atoms with E-state index in [4.69, 9.17) is 19.9 Å². The van der Waals surface area contributed by atoms with E-state index in [-0.39, 0.29) is 24.3 Å². The predicted octanol–water partition coefficient (Wildman–Crippen LogP) is 4.94. The third-order valence-corrected chi connectivity index (χ3v) is 5.45. The lowest BCUT2D eigenvalue weighted by Gasteiger charge is -2.23. The molecule has 166 valence electrons. The van der Waals surface area contributed by atoms with E-state index in [0.29, 0.717) is 18.7 Å². The first-order valence-corrected chi connectivity index (χ1v) is 10.2. The lowest BCUT2D eigenvalue weighted by atomic mass is 9.93. The molecule has 2 N–H and O–H groups in total. The number of alkyl halides is 2. The number of carbonyl (C=O) groups excluding carboxylic acids is 1. The van der Waals surface area contributed by atoms with Crippen LogP contribution in [0.2, 0.25) is 0 Å². The minimum Gasteiger partial charge on any atom is -0.489 e. The van der Waals surface area contributed by atoms with Crippen LogP contribution in [0.25, 0.3) is 11.1 Å². The molecule has 0 atom stereocenters. The normalized spacial score (nSPS) is 12.0. The molecular weight excluding hydrogens is 416 g/mol.